The van der Waals surface area contributed by atoms with Gasteiger partial charge in [-0.05, 0) is 30.3 Å². The Balaban J connectivity index is 1.94. The zero-order valence-electron chi connectivity index (χ0n) is 17.7. The van der Waals surface area contributed by atoms with Crippen molar-refractivity contribution >= 4 is 25.8 Å². The molecule has 2 amide bonds. The highest BCUT2D eigenvalue weighted by Crippen LogP contribution is 2.42. The van der Waals surface area contributed by atoms with Crippen LogP contribution < -0.4 is 14.8 Å². The standard InChI is InChI=1S/C20H30N2O5Si/c1-20(2,3)28(6,7)27-12-10-14-18(23)21-13-8-9-15(25-4)17(26-5)16(13)19(24)22(14)11-12/h8-9,12,14H,10-11H2,1-7H3,(H,21,23)/t12-,14+/m1/s1. The summed E-state index contributed by atoms with van der Waals surface area (Å²) in [6.45, 7) is 11.3. The van der Waals surface area contributed by atoms with Gasteiger partial charge >= 0.3 is 0 Å². The van der Waals surface area contributed by atoms with Crippen LogP contribution in [-0.2, 0) is 9.22 Å². The zero-order chi connectivity index (χ0) is 20.9. The predicted octanol–water partition coefficient (Wildman–Crippen LogP) is 3.26. The van der Waals surface area contributed by atoms with E-state index in [-0.39, 0.29) is 23.0 Å². The second-order valence-corrected chi connectivity index (χ2v) is 13.7. The Hall–Kier alpha value is -2.06. The molecule has 8 heteroatoms. The van der Waals surface area contributed by atoms with Crippen LogP contribution in [0.1, 0.15) is 37.6 Å². The number of fused-ring (bicyclic) bond motifs is 2. The summed E-state index contributed by atoms with van der Waals surface area (Å²) in [5.74, 6) is 0.353. The number of methoxy groups -OCH3 is 2. The number of hydrogen-bond acceptors (Lipinski definition) is 5. The first-order chi connectivity index (χ1) is 13.0. The van der Waals surface area contributed by atoms with E-state index in [0.29, 0.717) is 35.7 Å². The molecule has 2 heterocycles. The fourth-order valence-corrected chi connectivity index (χ4v) is 4.91. The maximum Gasteiger partial charge on any atom is 0.260 e. The third kappa shape index (κ3) is 3.39. The molecule has 0 radical (unpaired) electrons. The van der Waals surface area contributed by atoms with E-state index in [9.17, 15) is 9.59 Å². The third-order valence-corrected chi connectivity index (χ3v) is 10.6. The van der Waals surface area contributed by atoms with Crippen molar-refractivity contribution in [2.24, 2.45) is 0 Å². The lowest BCUT2D eigenvalue weighted by atomic mass is 10.1. The highest BCUT2D eigenvalue weighted by atomic mass is 28.4. The van der Waals surface area contributed by atoms with Crippen LogP contribution in [0.5, 0.6) is 11.5 Å². The van der Waals surface area contributed by atoms with Crippen molar-refractivity contribution in [3.05, 3.63) is 17.7 Å². The SMILES string of the molecule is COc1ccc2c(c1OC)C(=O)N1C[C@H](O[Si](C)(C)C(C)(C)C)C[C@H]1C(=O)N2. The highest BCUT2D eigenvalue weighted by molar-refractivity contribution is 6.74. The van der Waals surface area contributed by atoms with Gasteiger partial charge < -0.3 is 24.1 Å². The summed E-state index contributed by atoms with van der Waals surface area (Å²) in [7, 11) is 0.999. The number of carbonyl (C=O) groups excluding carboxylic acids is 2. The number of hydrogen-bond donors (Lipinski definition) is 1. The largest absolute Gasteiger partial charge is 0.493 e. The number of benzene rings is 1. The maximum absolute atomic E-state index is 13.4. The zero-order valence-corrected chi connectivity index (χ0v) is 18.7. The van der Waals surface area contributed by atoms with Gasteiger partial charge in [-0.1, -0.05) is 20.8 Å². The van der Waals surface area contributed by atoms with E-state index in [1.165, 1.54) is 14.2 Å². The van der Waals surface area contributed by atoms with Gasteiger partial charge in [-0.3, -0.25) is 9.59 Å². The number of nitrogens with zero attached hydrogens (tertiary/aromatic N) is 1. The van der Waals surface area contributed by atoms with Crippen LogP contribution in [0.2, 0.25) is 18.1 Å². The third-order valence-electron chi connectivity index (χ3n) is 6.11. The minimum Gasteiger partial charge on any atom is -0.493 e. The van der Waals surface area contributed by atoms with E-state index >= 15 is 0 Å². The summed E-state index contributed by atoms with van der Waals surface area (Å²) < 4.78 is 17.3. The molecule has 1 fully saturated rings. The molecule has 2 aliphatic heterocycles. The molecule has 0 unspecified atom stereocenters. The van der Waals surface area contributed by atoms with Gasteiger partial charge in [0.05, 0.1) is 26.0 Å². The number of carbonyl (C=O) groups is 2. The molecule has 0 aliphatic carbocycles. The quantitative estimate of drug-likeness (QED) is 0.777. The second kappa shape index (κ2) is 7.08. The Labute approximate surface area is 167 Å². The van der Waals surface area contributed by atoms with Crippen molar-refractivity contribution in [3.8, 4) is 11.5 Å². The number of nitrogens with one attached hydrogen (secondary N) is 1. The summed E-state index contributed by atoms with van der Waals surface area (Å²) in [4.78, 5) is 27.8. The number of ether oxygens (including phenoxy) is 2. The molecule has 0 aromatic heterocycles. The van der Waals surface area contributed by atoms with Crippen LogP contribution >= 0.6 is 0 Å². The normalized spacial score (nSPS) is 22.3. The summed E-state index contributed by atoms with van der Waals surface area (Å²) in [6.07, 6.45) is 0.344. The molecule has 3 rings (SSSR count). The lowest BCUT2D eigenvalue weighted by molar-refractivity contribution is -0.119. The van der Waals surface area contributed by atoms with Gasteiger partial charge in [0.15, 0.2) is 19.8 Å². The topological polar surface area (TPSA) is 77.1 Å². The molecule has 2 aliphatic rings. The fraction of sp³-hybridized carbons (Fsp3) is 0.600. The van der Waals surface area contributed by atoms with Crippen LogP contribution in [-0.4, -0.2) is 57.9 Å². The molecule has 154 valence electrons. The Morgan fingerprint density at radius 3 is 2.39 bits per heavy atom. The van der Waals surface area contributed by atoms with Crippen LogP contribution in [0.3, 0.4) is 0 Å². The molecule has 0 bridgehead atoms. The Morgan fingerprint density at radius 1 is 1.14 bits per heavy atom. The molecule has 2 atom stereocenters. The minimum absolute atomic E-state index is 0.0580. The molecule has 0 spiro atoms. The van der Waals surface area contributed by atoms with Crippen molar-refractivity contribution in [1.82, 2.24) is 4.90 Å². The van der Waals surface area contributed by atoms with Gasteiger partial charge in [-0.2, -0.15) is 0 Å². The van der Waals surface area contributed by atoms with Gasteiger partial charge in [-0.25, -0.2) is 0 Å². The molecule has 1 aromatic carbocycles. The highest BCUT2D eigenvalue weighted by Gasteiger charge is 2.47. The molecule has 1 aromatic rings. The van der Waals surface area contributed by atoms with Crippen LogP contribution in [0.15, 0.2) is 12.1 Å². The van der Waals surface area contributed by atoms with Crippen molar-refractivity contribution in [2.45, 2.75) is 57.5 Å². The van der Waals surface area contributed by atoms with Crippen molar-refractivity contribution < 1.29 is 23.5 Å². The van der Waals surface area contributed by atoms with Gasteiger partial charge in [0.1, 0.15) is 11.6 Å². The van der Waals surface area contributed by atoms with E-state index in [0.717, 1.165) is 0 Å². The molecule has 7 nitrogen and oxygen atoms in total. The first-order valence-corrected chi connectivity index (χ1v) is 12.5. The Kier molecular flexibility index (Phi) is 5.22. The van der Waals surface area contributed by atoms with Gasteiger partial charge in [-0.15, -0.1) is 0 Å². The van der Waals surface area contributed by atoms with Crippen molar-refractivity contribution in [1.29, 1.82) is 0 Å². The summed E-state index contributed by atoms with van der Waals surface area (Å²) >= 11 is 0. The van der Waals surface area contributed by atoms with E-state index in [1.54, 1.807) is 17.0 Å². The van der Waals surface area contributed by atoms with E-state index < -0.39 is 14.4 Å². The first kappa shape index (κ1) is 20.7. The predicted molar refractivity (Wildman–Crippen MR) is 110 cm³/mol. The molecule has 1 saturated heterocycles. The monoisotopic (exact) mass is 406 g/mol. The van der Waals surface area contributed by atoms with E-state index in [2.05, 4.69) is 39.2 Å². The molecule has 0 saturated carbocycles. The fourth-order valence-electron chi connectivity index (χ4n) is 3.55. The summed E-state index contributed by atoms with van der Waals surface area (Å²) in [5, 5.41) is 2.94. The molecular formula is C20H30N2O5Si. The smallest absolute Gasteiger partial charge is 0.260 e. The minimum atomic E-state index is -2.01. The molecule has 28 heavy (non-hydrogen) atoms. The van der Waals surface area contributed by atoms with Crippen molar-refractivity contribution in [3.63, 3.8) is 0 Å². The molecule has 1 N–H and O–H groups in total. The van der Waals surface area contributed by atoms with E-state index in [1.807, 2.05) is 0 Å². The summed E-state index contributed by atoms with van der Waals surface area (Å²) in [5.41, 5.74) is 0.773. The number of anilines is 1. The molecular weight excluding hydrogens is 376 g/mol. The average molecular weight is 407 g/mol. The first-order valence-electron chi connectivity index (χ1n) is 9.54. The van der Waals surface area contributed by atoms with Crippen molar-refractivity contribution in [2.75, 3.05) is 26.1 Å². The lowest BCUT2D eigenvalue weighted by Crippen LogP contribution is -2.44. The van der Waals surface area contributed by atoms with Crippen LogP contribution in [0.25, 0.3) is 0 Å². The number of rotatable bonds is 4. The van der Waals surface area contributed by atoms with Gasteiger partial charge in [0.25, 0.3) is 5.91 Å². The lowest BCUT2D eigenvalue weighted by Gasteiger charge is -2.38. The Morgan fingerprint density at radius 2 is 1.82 bits per heavy atom. The van der Waals surface area contributed by atoms with Gasteiger partial charge in [0.2, 0.25) is 5.91 Å². The summed E-state index contributed by atoms with van der Waals surface area (Å²) in [6, 6.07) is 2.81. The maximum atomic E-state index is 13.4. The van der Waals surface area contributed by atoms with Crippen LogP contribution in [0.4, 0.5) is 5.69 Å². The van der Waals surface area contributed by atoms with Gasteiger partial charge in [0, 0.05) is 13.0 Å². The Bertz CT molecular complexity index is 803. The van der Waals surface area contributed by atoms with Crippen LogP contribution in [0, 0.1) is 0 Å². The average Bonchev–Trinajstić information content (AvgIpc) is 2.99. The van der Waals surface area contributed by atoms with E-state index in [4.69, 9.17) is 13.9 Å². The number of amides is 2. The second-order valence-electron chi connectivity index (χ2n) is 8.92.